The normalized spacial score (nSPS) is 12.4. The first-order valence-corrected chi connectivity index (χ1v) is 6.67. The quantitative estimate of drug-likeness (QED) is 0.720. The van der Waals surface area contributed by atoms with Crippen molar-refractivity contribution in [2.24, 2.45) is 0 Å². The largest absolute Gasteiger partial charge is 0.493 e. The molecule has 102 valence electrons. The van der Waals surface area contributed by atoms with Gasteiger partial charge in [-0.2, -0.15) is 0 Å². The van der Waals surface area contributed by atoms with E-state index >= 15 is 0 Å². The van der Waals surface area contributed by atoms with Gasteiger partial charge in [0.1, 0.15) is 5.75 Å². The van der Waals surface area contributed by atoms with Crippen molar-refractivity contribution in [3.05, 3.63) is 29.3 Å². The number of aryl methyl sites for hydroxylation is 1. The van der Waals surface area contributed by atoms with E-state index in [-0.39, 0.29) is 0 Å². The molecule has 0 fully saturated rings. The summed E-state index contributed by atoms with van der Waals surface area (Å²) in [5, 5.41) is 3.24. The van der Waals surface area contributed by atoms with Gasteiger partial charge in [-0.15, -0.1) is 0 Å². The maximum atomic E-state index is 5.75. The minimum Gasteiger partial charge on any atom is -0.493 e. The van der Waals surface area contributed by atoms with Crippen molar-refractivity contribution < 1.29 is 9.47 Å². The fourth-order valence-electron chi connectivity index (χ4n) is 1.76. The second-order valence-corrected chi connectivity index (χ2v) is 4.43. The van der Waals surface area contributed by atoms with Gasteiger partial charge in [0.25, 0.3) is 0 Å². The molecule has 0 spiro atoms. The molecule has 0 aliphatic heterocycles. The van der Waals surface area contributed by atoms with E-state index in [0.717, 1.165) is 25.4 Å². The van der Waals surface area contributed by atoms with Gasteiger partial charge in [0.2, 0.25) is 0 Å². The van der Waals surface area contributed by atoms with Crippen LogP contribution < -0.4 is 10.1 Å². The third-order valence-electron chi connectivity index (χ3n) is 3.03. The highest BCUT2D eigenvalue weighted by Crippen LogP contribution is 2.22. The SMILES string of the molecule is CCOCCCOc1ccc(C(C)NC)cc1C. The maximum Gasteiger partial charge on any atom is 0.122 e. The van der Waals surface area contributed by atoms with Crippen molar-refractivity contribution in [1.82, 2.24) is 5.32 Å². The Morgan fingerprint density at radius 3 is 2.67 bits per heavy atom. The molecule has 0 amide bonds. The molecule has 0 aliphatic carbocycles. The topological polar surface area (TPSA) is 30.5 Å². The predicted octanol–water partition coefficient (Wildman–Crippen LogP) is 3.08. The van der Waals surface area contributed by atoms with Crippen LogP contribution in [0.15, 0.2) is 18.2 Å². The van der Waals surface area contributed by atoms with Crippen LogP contribution >= 0.6 is 0 Å². The lowest BCUT2D eigenvalue weighted by atomic mass is 10.1. The summed E-state index contributed by atoms with van der Waals surface area (Å²) in [5.74, 6) is 0.971. The first kappa shape index (κ1) is 15.0. The van der Waals surface area contributed by atoms with Crippen molar-refractivity contribution in [3.63, 3.8) is 0 Å². The molecule has 1 N–H and O–H groups in total. The summed E-state index contributed by atoms with van der Waals surface area (Å²) in [5.41, 5.74) is 2.47. The van der Waals surface area contributed by atoms with Crippen LogP contribution in [0.25, 0.3) is 0 Å². The Balaban J connectivity index is 2.47. The Bertz CT molecular complexity index is 352. The summed E-state index contributed by atoms with van der Waals surface area (Å²) in [6.45, 7) is 8.50. The summed E-state index contributed by atoms with van der Waals surface area (Å²) >= 11 is 0. The molecule has 1 aromatic carbocycles. The number of hydrogen-bond donors (Lipinski definition) is 1. The van der Waals surface area contributed by atoms with Crippen LogP contribution in [0.4, 0.5) is 0 Å². The van der Waals surface area contributed by atoms with Gasteiger partial charge in [0, 0.05) is 25.7 Å². The molecule has 18 heavy (non-hydrogen) atoms. The summed E-state index contributed by atoms with van der Waals surface area (Å²) in [6.07, 6.45) is 0.932. The minimum absolute atomic E-state index is 0.371. The molecule has 0 aliphatic rings. The third kappa shape index (κ3) is 4.67. The van der Waals surface area contributed by atoms with E-state index in [1.807, 2.05) is 14.0 Å². The molecule has 1 unspecified atom stereocenters. The van der Waals surface area contributed by atoms with Crippen LogP contribution in [0.3, 0.4) is 0 Å². The van der Waals surface area contributed by atoms with Crippen LogP contribution in [0.5, 0.6) is 5.75 Å². The fourth-order valence-corrected chi connectivity index (χ4v) is 1.76. The van der Waals surface area contributed by atoms with Crippen molar-refractivity contribution >= 4 is 0 Å². The van der Waals surface area contributed by atoms with Crippen LogP contribution in [0.2, 0.25) is 0 Å². The maximum absolute atomic E-state index is 5.75. The van der Waals surface area contributed by atoms with Crippen LogP contribution in [-0.4, -0.2) is 26.9 Å². The summed E-state index contributed by atoms with van der Waals surface area (Å²) < 4.78 is 11.0. The van der Waals surface area contributed by atoms with Gasteiger partial charge in [-0.05, 0) is 45.0 Å². The average molecular weight is 251 g/mol. The Labute approximate surface area is 110 Å². The zero-order valence-corrected chi connectivity index (χ0v) is 12.0. The van der Waals surface area contributed by atoms with E-state index in [9.17, 15) is 0 Å². The van der Waals surface area contributed by atoms with Crippen LogP contribution in [0, 0.1) is 6.92 Å². The van der Waals surface area contributed by atoms with E-state index in [1.54, 1.807) is 0 Å². The molecular weight excluding hydrogens is 226 g/mol. The molecule has 0 aromatic heterocycles. The molecule has 0 heterocycles. The highest BCUT2D eigenvalue weighted by atomic mass is 16.5. The standard InChI is InChI=1S/C15H25NO2/c1-5-17-9-6-10-18-15-8-7-14(11-12(15)2)13(3)16-4/h7-8,11,13,16H,5-6,9-10H2,1-4H3. The third-order valence-corrected chi connectivity index (χ3v) is 3.03. The molecule has 0 saturated heterocycles. The number of ether oxygens (including phenoxy) is 2. The Hall–Kier alpha value is -1.06. The zero-order chi connectivity index (χ0) is 13.4. The number of rotatable bonds is 8. The molecule has 1 atom stereocenters. The zero-order valence-electron chi connectivity index (χ0n) is 12.0. The monoisotopic (exact) mass is 251 g/mol. The lowest BCUT2D eigenvalue weighted by Crippen LogP contribution is -2.12. The van der Waals surface area contributed by atoms with E-state index in [0.29, 0.717) is 12.6 Å². The molecular formula is C15H25NO2. The number of nitrogens with one attached hydrogen (secondary N) is 1. The summed E-state index contributed by atoms with van der Waals surface area (Å²) in [6, 6.07) is 6.72. The van der Waals surface area contributed by atoms with Gasteiger partial charge >= 0.3 is 0 Å². The molecule has 3 nitrogen and oxygen atoms in total. The molecule has 1 rings (SSSR count). The fraction of sp³-hybridized carbons (Fsp3) is 0.600. The minimum atomic E-state index is 0.371. The average Bonchev–Trinajstić information content (AvgIpc) is 2.39. The Morgan fingerprint density at radius 2 is 2.06 bits per heavy atom. The molecule has 0 bridgehead atoms. The van der Waals surface area contributed by atoms with Gasteiger partial charge in [-0.25, -0.2) is 0 Å². The smallest absolute Gasteiger partial charge is 0.122 e. The van der Waals surface area contributed by atoms with E-state index in [4.69, 9.17) is 9.47 Å². The van der Waals surface area contributed by atoms with Gasteiger partial charge < -0.3 is 14.8 Å². The van der Waals surface area contributed by atoms with Crippen molar-refractivity contribution in [1.29, 1.82) is 0 Å². The first-order chi connectivity index (χ1) is 8.69. The van der Waals surface area contributed by atoms with E-state index < -0.39 is 0 Å². The highest BCUT2D eigenvalue weighted by Gasteiger charge is 2.05. The van der Waals surface area contributed by atoms with Crippen LogP contribution in [0.1, 0.15) is 37.4 Å². The van der Waals surface area contributed by atoms with E-state index in [2.05, 4.69) is 37.4 Å². The number of benzene rings is 1. The Morgan fingerprint density at radius 1 is 1.28 bits per heavy atom. The van der Waals surface area contributed by atoms with Crippen molar-refractivity contribution in [2.75, 3.05) is 26.9 Å². The molecule has 1 aromatic rings. The van der Waals surface area contributed by atoms with Crippen molar-refractivity contribution in [3.8, 4) is 5.75 Å². The summed E-state index contributed by atoms with van der Waals surface area (Å²) in [7, 11) is 1.97. The second-order valence-electron chi connectivity index (χ2n) is 4.43. The first-order valence-electron chi connectivity index (χ1n) is 6.67. The number of hydrogen-bond acceptors (Lipinski definition) is 3. The molecule has 3 heteroatoms. The lowest BCUT2D eigenvalue weighted by Gasteiger charge is -2.14. The van der Waals surface area contributed by atoms with Gasteiger partial charge in [-0.1, -0.05) is 12.1 Å². The second kappa shape index (κ2) is 8.11. The highest BCUT2D eigenvalue weighted by molar-refractivity contribution is 5.37. The van der Waals surface area contributed by atoms with Gasteiger partial charge in [0.05, 0.1) is 6.61 Å². The predicted molar refractivity (Wildman–Crippen MR) is 75.3 cm³/mol. The molecule has 0 radical (unpaired) electrons. The van der Waals surface area contributed by atoms with Crippen LogP contribution in [-0.2, 0) is 4.74 Å². The molecule has 0 saturated carbocycles. The van der Waals surface area contributed by atoms with Crippen molar-refractivity contribution in [2.45, 2.75) is 33.2 Å². The Kier molecular flexibility index (Phi) is 6.76. The lowest BCUT2D eigenvalue weighted by molar-refractivity contribution is 0.130. The van der Waals surface area contributed by atoms with Gasteiger partial charge in [0.15, 0.2) is 0 Å². The summed E-state index contributed by atoms with van der Waals surface area (Å²) in [4.78, 5) is 0. The van der Waals surface area contributed by atoms with E-state index in [1.165, 1.54) is 11.1 Å². The van der Waals surface area contributed by atoms with Gasteiger partial charge in [-0.3, -0.25) is 0 Å².